The average molecular weight is 373 g/mol. The third-order valence-electron chi connectivity index (χ3n) is 5.30. The second kappa shape index (κ2) is 9.75. The number of hydrogen-bond acceptors (Lipinski definition) is 2. The minimum Gasteiger partial charge on any atom is -0.342 e. The molecule has 2 N–H and O–H groups in total. The number of aryl methyl sites for hydroxylation is 2. The number of halogens is 1. The lowest BCUT2D eigenvalue weighted by Crippen LogP contribution is -2.29. The summed E-state index contributed by atoms with van der Waals surface area (Å²) in [4.78, 5) is 14.6. The third kappa shape index (κ3) is 5.09. The van der Waals surface area contributed by atoms with Gasteiger partial charge in [0.1, 0.15) is 0 Å². The van der Waals surface area contributed by atoms with Gasteiger partial charge in [-0.15, -0.1) is 12.4 Å². The van der Waals surface area contributed by atoms with E-state index in [-0.39, 0.29) is 18.3 Å². The van der Waals surface area contributed by atoms with Crippen LogP contribution < -0.4 is 5.73 Å². The van der Waals surface area contributed by atoms with Crippen LogP contribution in [0, 0.1) is 12.8 Å². The zero-order valence-corrected chi connectivity index (χ0v) is 16.3. The summed E-state index contributed by atoms with van der Waals surface area (Å²) < 4.78 is 0. The van der Waals surface area contributed by atoms with Crippen molar-refractivity contribution >= 4 is 18.3 Å². The summed E-state index contributed by atoms with van der Waals surface area (Å²) in [5, 5.41) is 0. The van der Waals surface area contributed by atoms with Crippen LogP contribution in [0.2, 0.25) is 0 Å². The number of nitrogens with two attached hydrogens (primary N) is 1. The van der Waals surface area contributed by atoms with Crippen LogP contribution in [0.3, 0.4) is 0 Å². The lowest BCUT2D eigenvalue weighted by Gasteiger charge is -2.17. The number of nitrogens with zero attached hydrogens (tertiary/aromatic N) is 1. The normalized spacial score (nSPS) is 19.2. The zero-order valence-electron chi connectivity index (χ0n) is 15.4. The van der Waals surface area contributed by atoms with Crippen molar-refractivity contribution in [3.63, 3.8) is 0 Å². The molecule has 1 fully saturated rings. The van der Waals surface area contributed by atoms with E-state index in [1.54, 1.807) is 0 Å². The summed E-state index contributed by atoms with van der Waals surface area (Å²) in [5.74, 6) is 1.000. The number of carbonyl (C=O) groups is 1. The van der Waals surface area contributed by atoms with E-state index in [9.17, 15) is 4.79 Å². The lowest BCUT2D eigenvalue weighted by molar-refractivity contribution is -0.130. The molecule has 1 amide bonds. The number of rotatable bonds is 6. The second-order valence-electron chi connectivity index (χ2n) is 7.15. The van der Waals surface area contributed by atoms with Gasteiger partial charge in [-0.05, 0) is 43.4 Å². The molecule has 2 aromatic carbocycles. The number of benzene rings is 2. The van der Waals surface area contributed by atoms with E-state index in [0.29, 0.717) is 24.8 Å². The van der Waals surface area contributed by atoms with E-state index in [2.05, 4.69) is 55.5 Å². The Hall–Kier alpha value is -1.84. The largest absolute Gasteiger partial charge is 0.342 e. The van der Waals surface area contributed by atoms with E-state index in [1.165, 1.54) is 16.7 Å². The molecule has 0 saturated carbocycles. The summed E-state index contributed by atoms with van der Waals surface area (Å²) in [6.45, 7) is 4.32. The second-order valence-corrected chi connectivity index (χ2v) is 7.15. The van der Waals surface area contributed by atoms with Crippen LogP contribution in [-0.4, -0.2) is 30.4 Å². The molecule has 0 aliphatic carbocycles. The molecule has 1 heterocycles. The predicted molar refractivity (Wildman–Crippen MR) is 110 cm³/mol. The molecule has 1 saturated heterocycles. The molecule has 0 bridgehead atoms. The van der Waals surface area contributed by atoms with Gasteiger partial charge in [0.25, 0.3) is 0 Å². The Kier molecular flexibility index (Phi) is 7.67. The Bertz CT molecular complexity index is 687. The Morgan fingerprint density at radius 1 is 1.08 bits per heavy atom. The topological polar surface area (TPSA) is 46.3 Å². The summed E-state index contributed by atoms with van der Waals surface area (Å²) in [6, 6.07) is 19.0. The van der Waals surface area contributed by atoms with E-state index >= 15 is 0 Å². The van der Waals surface area contributed by atoms with Crippen LogP contribution >= 0.6 is 12.4 Å². The van der Waals surface area contributed by atoms with E-state index in [1.807, 2.05) is 11.0 Å². The molecular weight excluding hydrogens is 344 g/mol. The lowest BCUT2D eigenvalue weighted by atomic mass is 9.89. The molecule has 4 heteroatoms. The minimum atomic E-state index is 0. The van der Waals surface area contributed by atoms with Gasteiger partial charge in [0.05, 0.1) is 0 Å². The van der Waals surface area contributed by atoms with Crippen molar-refractivity contribution in [1.29, 1.82) is 0 Å². The van der Waals surface area contributed by atoms with Crippen LogP contribution in [0.15, 0.2) is 54.6 Å². The van der Waals surface area contributed by atoms with Crippen molar-refractivity contribution in [1.82, 2.24) is 4.90 Å². The monoisotopic (exact) mass is 372 g/mol. The Labute approximate surface area is 163 Å². The van der Waals surface area contributed by atoms with Crippen LogP contribution in [0.4, 0.5) is 0 Å². The zero-order chi connectivity index (χ0) is 17.6. The van der Waals surface area contributed by atoms with Crippen molar-refractivity contribution in [2.45, 2.75) is 32.1 Å². The fourth-order valence-electron chi connectivity index (χ4n) is 3.75. The van der Waals surface area contributed by atoms with Gasteiger partial charge in [-0.2, -0.15) is 0 Å². The quantitative estimate of drug-likeness (QED) is 0.834. The van der Waals surface area contributed by atoms with Gasteiger partial charge in [-0.25, -0.2) is 0 Å². The molecular formula is C22H29ClN2O. The van der Waals surface area contributed by atoms with Crippen LogP contribution in [0.1, 0.15) is 35.4 Å². The molecule has 1 aliphatic heterocycles. The van der Waals surface area contributed by atoms with Crippen molar-refractivity contribution < 1.29 is 4.79 Å². The maximum Gasteiger partial charge on any atom is 0.222 e. The number of likely N-dealkylation sites (tertiary alicyclic amines) is 1. The van der Waals surface area contributed by atoms with Crippen molar-refractivity contribution in [2.24, 2.45) is 11.7 Å². The van der Waals surface area contributed by atoms with E-state index in [0.717, 1.165) is 25.9 Å². The van der Waals surface area contributed by atoms with Crippen molar-refractivity contribution in [3.8, 4) is 0 Å². The predicted octanol–water partition coefficient (Wildman–Crippen LogP) is 3.94. The highest BCUT2D eigenvalue weighted by molar-refractivity contribution is 5.85. The molecule has 0 aromatic heterocycles. The Morgan fingerprint density at radius 3 is 2.42 bits per heavy atom. The molecule has 0 radical (unpaired) electrons. The Morgan fingerprint density at radius 2 is 1.77 bits per heavy atom. The fourth-order valence-corrected chi connectivity index (χ4v) is 3.75. The minimum absolute atomic E-state index is 0. The Balaban J connectivity index is 0.00000243. The molecule has 0 spiro atoms. The van der Waals surface area contributed by atoms with E-state index in [4.69, 9.17) is 5.73 Å². The average Bonchev–Trinajstić information content (AvgIpc) is 3.08. The molecule has 1 aliphatic rings. The highest BCUT2D eigenvalue weighted by Crippen LogP contribution is 2.32. The SMILES string of the molecule is Cc1ccc(CCCC(=O)N2C[C@@H](CN)[C@H](c3ccccc3)C2)cc1.Cl. The number of carbonyl (C=O) groups excluding carboxylic acids is 1. The van der Waals surface area contributed by atoms with E-state index < -0.39 is 0 Å². The van der Waals surface area contributed by atoms with Crippen LogP contribution in [0.5, 0.6) is 0 Å². The molecule has 3 nitrogen and oxygen atoms in total. The molecule has 3 rings (SSSR count). The van der Waals surface area contributed by atoms with Gasteiger partial charge >= 0.3 is 0 Å². The first-order valence-electron chi connectivity index (χ1n) is 9.25. The third-order valence-corrected chi connectivity index (χ3v) is 5.30. The van der Waals surface area contributed by atoms with Gasteiger partial charge in [-0.3, -0.25) is 4.79 Å². The first-order chi connectivity index (χ1) is 12.2. The molecule has 26 heavy (non-hydrogen) atoms. The van der Waals surface area contributed by atoms with Gasteiger partial charge in [0.2, 0.25) is 5.91 Å². The van der Waals surface area contributed by atoms with Gasteiger partial charge in [0.15, 0.2) is 0 Å². The van der Waals surface area contributed by atoms with Crippen molar-refractivity contribution in [3.05, 3.63) is 71.3 Å². The van der Waals surface area contributed by atoms with Gasteiger partial charge in [-0.1, -0.05) is 60.2 Å². The van der Waals surface area contributed by atoms with Crippen molar-refractivity contribution in [2.75, 3.05) is 19.6 Å². The first-order valence-corrected chi connectivity index (χ1v) is 9.25. The fraction of sp³-hybridized carbons (Fsp3) is 0.409. The maximum atomic E-state index is 12.6. The molecule has 2 aromatic rings. The first kappa shape index (κ1) is 20.5. The summed E-state index contributed by atoms with van der Waals surface area (Å²) in [7, 11) is 0. The molecule has 0 unspecified atom stereocenters. The summed E-state index contributed by atoms with van der Waals surface area (Å²) in [5.41, 5.74) is 9.86. The van der Waals surface area contributed by atoms with Crippen LogP contribution in [0.25, 0.3) is 0 Å². The summed E-state index contributed by atoms with van der Waals surface area (Å²) >= 11 is 0. The highest BCUT2D eigenvalue weighted by atomic mass is 35.5. The van der Waals surface area contributed by atoms with Crippen LogP contribution in [-0.2, 0) is 11.2 Å². The highest BCUT2D eigenvalue weighted by Gasteiger charge is 2.34. The smallest absolute Gasteiger partial charge is 0.222 e. The standard InChI is InChI=1S/C22H28N2O.ClH/c1-17-10-12-18(13-11-17)6-5-9-22(25)24-15-20(14-23)21(16-24)19-7-3-2-4-8-19;/h2-4,7-8,10-13,20-21H,5-6,9,14-16,23H2,1H3;1H/t20-,21+;/m1./s1. The maximum absolute atomic E-state index is 12.6. The van der Waals surface area contributed by atoms with Gasteiger partial charge < -0.3 is 10.6 Å². The van der Waals surface area contributed by atoms with Gasteiger partial charge in [0, 0.05) is 25.4 Å². The number of hydrogen-bond donors (Lipinski definition) is 1. The number of amides is 1. The molecule has 140 valence electrons. The summed E-state index contributed by atoms with van der Waals surface area (Å²) in [6.07, 6.45) is 2.48. The molecule has 2 atom stereocenters.